The van der Waals surface area contributed by atoms with Crippen LogP contribution in [0, 0.1) is 13.8 Å². The number of carbonyl (C=O) groups excluding carboxylic acids is 1. The second-order valence-corrected chi connectivity index (χ2v) is 9.13. The van der Waals surface area contributed by atoms with Crippen LogP contribution < -0.4 is 0 Å². The number of sulfonamides is 1. The van der Waals surface area contributed by atoms with E-state index >= 15 is 0 Å². The molecule has 0 unspecified atom stereocenters. The number of carbonyl (C=O) groups is 1. The SMILES string of the molecule is Cc1ccc(S(=O)(=O)N2CCN(C(=O)c3c[nH]c4ccccc34)CC2)cc1C. The van der Waals surface area contributed by atoms with Gasteiger partial charge in [0.2, 0.25) is 10.0 Å². The summed E-state index contributed by atoms with van der Waals surface area (Å²) in [5.41, 5.74) is 3.56. The minimum absolute atomic E-state index is 0.0688. The van der Waals surface area contributed by atoms with Crippen LogP contribution in [0.15, 0.2) is 53.6 Å². The molecule has 0 bridgehead atoms. The van der Waals surface area contributed by atoms with Crippen LogP contribution in [0.4, 0.5) is 0 Å². The van der Waals surface area contributed by atoms with Gasteiger partial charge in [0, 0.05) is 43.3 Å². The first-order valence-electron chi connectivity index (χ1n) is 9.31. The highest BCUT2D eigenvalue weighted by Gasteiger charge is 2.31. The lowest BCUT2D eigenvalue weighted by Gasteiger charge is -2.34. The maximum atomic E-state index is 12.9. The zero-order chi connectivity index (χ0) is 19.9. The highest BCUT2D eigenvalue weighted by atomic mass is 32.2. The van der Waals surface area contributed by atoms with Gasteiger partial charge in [0.15, 0.2) is 0 Å². The summed E-state index contributed by atoms with van der Waals surface area (Å²) in [7, 11) is -3.55. The molecule has 7 heteroatoms. The molecule has 2 heterocycles. The summed E-state index contributed by atoms with van der Waals surface area (Å²) in [5, 5.41) is 0.887. The molecule has 6 nitrogen and oxygen atoms in total. The van der Waals surface area contributed by atoms with E-state index in [0.29, 0.717) is 36.6 Å². The van der Waals surface area contributed by atoms with E-state index in [9.17, 15) is 13.2 Å². The molecule has 1 saturated heterocycles. The van der Waals surface area contributed by atoms with Crippen molar-refractivity contribution in [2.45, 2.75) is 18.7 Å². The predicted molar refractivity (Wildman–Crippen MR) is 109 cm³/mol. The van der Waals surface area contributed by atoms with E-state index in [1.165, 1.54) is 4.31 Å². The van der Waals surface area contributed by atoms with Crippen LogP contribution in [0.2, 0.25) is 0 Å². The van der Waals surface area contributed by atoms with Crippen molar-refractivity contribution in [3.63, 3.8) is 0 Å². The number of aromatic nitrogens is 1. The molecule has 146 valence electrons. The number of nitrogens with one attached hydrogen (secondary N) is 1. The zero-order valence-corrected chi connectivity index (χ0v) is 16.8. The molecular formula is C21H23N3O3S. The minimum atomic E-state index is -3.55. The molecule has 1 N–H and O–H groups in total. The minimum Gasteiger partial charge on any atom is -0.360 e. The highest BCUT2D eigenvalue weighted by Crippen LogP contribution is 2.23. The third kappa shape index (κ3) is 3.21. The number of hydrogen-bond acceptors (Lipinski definition) is 3. The van der Waals surface area contributed by atoms with E-state index in [4.69, 9.17) is 0 Å². The van der Waals surface area contributed by atoms with Gasteiger partial charge in [0.05, 0.1) is 10.5 Å². The molecule has 0 radical (unpaired) electrons. The van der Waals surface area contributed by atoms with Crippen LogP contribution >= 0.6 is 0 Å². The Bertz CT molecular complexity index is 1140. The number of hydrogen-bond donors (Lipinski definition) is 1. The summed E-state index contributed by atoms with van der Waals surface area (Å²) in [6, 6.07) is 12.9. The maximum absolute atomic E-state index is 12.9. The molecular weight excluding hydrogens is 374 g/mol. The van der Waals surface area contributed by atoms with Gasteiger partial charge in [-0.2, -0.15) is 4.31 Å². The summed E-state index contributed by atoms with van der Waals surface area (Å²) in [6.07, 6.45) is 1.73. The second kappa shape index (κ2) is 7.07. The van der Waals surface area contributed by atoms with Gasteiger partial charge in [-0.15, -0.1) is 0 Å². The lowest BCUT2D eigenvalue weighted by atomic mass is 10.1. The number of rotatable bonds is 3. The first-order valence-corrected chi connectivity index (χ1v) is 10.7. The van der Waals surface area contributed by atoms with E-state index in [-0.39, 0.29) is 5.91 Å². The number of nitrogens with zero attached hydrogens (tertiary/aromatic N) is 2. The predicted octanol–water partition coefficient (Wildman–Crippen LogP) is 2.93. The lowest BCUT2D eigenvalue weighted by Crippen LogP contribution is -2.50. The highest BCUT2D eigenvalue weighted by molar-refractivity contribution is 7.89. The quantitative estimate of drug-likeness (QED) is 0.738. The maximum Gasteiger partial charge on any atom is 0.256 e. The molecule has 0 atom stereocenters. The largest absolute Gasteiger partial charge is 0.360 e. The van der Waals surface area contributed by atoms with Crippen LogP contribution in [0.5, 0.6) is 0 Å². The molecule has 1 aliphatic rings. The van der Waals surface area contributed by atoms with E-state index in [1.54, 1.807) is 23.2 Å². The fraction of sp³-hybridized carbons (Fsp3) is 0.286. The van der Waals surface area contributed by atoms with Gasteiger partial charge in [-0.25, -0.2) is 8.42 Å². The van der Waals surface area contributed by atoms with Crippen molar-refractivity contribution in [2.75, 3.05) is 26.2 Å². The van der Waals surface area contributed by atoms with E-state index in [1.807, 2.05) is 44.2 Å². The Hall–Kier alpha value is -2.64. The monoisotopic (exact) mass is 397 g/mol. The number of aryl methyl sites for hydroxylation is 2. The molecule has 1 fully saturated rings. The van der Waals surface area contributed by atoms with Crippen molar-refractivity contribution in [3.05, 3.63) is 65.4 Å². The molecule has 3 aromatic rings. The third-order valence-corrected chi connectivity index (χ3v) is 7.36. The van der Waals surface area contributed by atoms with Crippen LogP contribution in [-0.4, -0.2) is 54.7 Å². The zero-order valence-electron chi connectivity index (χ0n) is 16.0. The van der Waals surface area contributed by atoms with Gasteiger partial charge >= 0.3 is 0 Å². The van der Waals surface area contributed by atoms with Crippen LogP contribution in [0.25, 0.3) is 10.9 Å². The van der Waals surface area contributed by atoms with Crippen molar-refractivity contribution < 1.29 is 13.2 Å². The average molecular weight is 398 g/mol. The lowest BCUT2D eigenvalue weighted by molar-refractivity contribution is 0.0700. The smallest absolute Gasteiger partial charge is 0.256 e. The molecule has 0 spiro atoms. The Balaban J connectivity index is 1.49. The summed E-state index contributed by atoms with van der Waals surface area (Å²) in [5.74, 6) is -0.0688. The van der Waals surface area contributed by atoms with Crippen molar-refractivity contribution in [1.29, 1.82) is 0 Å². The van der Waals surface area contributed by atoms with Gasteiger partial charge in [-0.05, 0) is 43.2 Å². The molecule has 2 aromatic carbocycles. The number of aromatic amines is 1. The van der Waals surface area contributed by atoms with Crippen LogP contribution in [0.1, 0.15) is 21.5 Å². The Morgan fingerprint density at radius 2 is 1.68 bits per heavy atom. The first kappa shape index (κ1) is 18.7. The summed E-state index contributed by atoms with van der Waals surface area (Å²) >= 11 is 0. The van der Waals surface area contributed by atoms with Gasteiger partial charge < -0.3 is 9.88 Å². The van der Waals surface area contributed by atoms with Gasteiger partial charge in [-0.3, -0.25) is 4.79 Å². The van der Waals surface area contributed by atoms with E-state index < -0.39 is 10.0 Å². The number of benzene rings is 2. The molecule has 0 saturated carbocycles. The summed E-state index contributed by atoms with van der Waals surface area (Å²) in [6.45, 7) is 5.21. The van der Waals surface area contributed by atoms with Crippen LogP contribution in [-0.2, 0) is 10.0 Å². The number of para-hydroxylation sites is 1. The number of fused-ring (bicyclic) bond motifs is 1. The van der Waals surface area contributed by atoms with E-state index in [0.717, 1.165) is 22.0 Å². The van der Waals surface area contributed by atoms with Gasteiger partial charge in [0.25, 0.3) is 5.91 Å². The molecule has 1 aliphatic heterocycles. The topological polar surface area (TPSA) is 73.5 Å². The van der Waals surface area contributed by atoms with E-state index in [2.05, 4.69) is 4.98 Å². The van der Waals surface area contributed by atoms with Crippen molar-refractivity contribution in [2.24, 2.45) is 0 Å². The van der Waals surface area contributed by atoms with Crippen molar-refractivity contribution >= 4 is 26.8 Å². The fourth-order valence-corrected chi connectivity index (χ4v) is 5.08. The van der Waals surface area contributed by atoms with Crippen molar-refractivity contribution in [3.8, 4) is 0 Å². The Morgan fingerprint density at radius 1 is 0.964 bits per heavy atom. The fourth-order valence-electron chi connectivity index (χ4n) is 3.57. The average Bonchev–Trinajstić information content (AvgIpc) is 3.13. The molecule has 1 amide bonds. The molecule has 4 rings (SSSR count). The van der Waals surface area contributed by atoms with Crippen LogP contribution in [0.3, 0.4) is 0 Å². The Morgan fingerprint density at radius 3 is 2.39 bits per heavy atom. The molecule has 28 heavy (non-hydrogen) atoms. The van der Waals surface area contributed by atoms with Gasteiger partial charge in [-0.1, -0.05) is 24.3 Å². The standard InChI is InChI=1S/C21H23N3O3S/c1-15-7-8-17(13-16(15)2)28(26,27)24-11-9-23(10-12-24)21(25)19-14-22-20-6-4-3-5-18(19)20/h3-8,13-14,22H,9-12H2,1-2H3. The Labute approximate surface area is 164 Å². The molecule has 1 aromatic heterocycles. The summed E-state index contributed by atoms with van der Waals surface area (Å²) < 4.78 is 27.4. The second-order valence-electron chi connectivity index (χ2n) is 7.19. The van der Waals surface area contributed by atoms with Crippen molar-refractivity contribution in [1.82, 2.24) is 14.2 Å². The number of piperazine rings is 1. The normalized spacial score (nSPS) is 15.9. The first-order chi connectivity index (χ1) is 13.4. The van der Waals surface area contributed by atoms with Gasteiger partial charge in [0.1, 0.15) is 0 Å². The summed E-state index contributed by atoms with van der Waals surface area (Å²) in [4.78, 5) is 18.1. The number of H-pyrrole nitrogens is 1. The third-order valence-electron chi connectivity index (χ3n) is 5.46. The number of amides is 1. The molecule has 0 aliphatic carbocycles. The Kier molecular flexibility index (Phi) is 4.72.